The van der Waals surface area contributed by atoms with Crippen LogP contribution in [0.15, 0.2) is 0 Å². The summed E-state index contributed by atoms with van der Waals surface area (Å²) in [5.41, 5.74) is 0. The van der Waals surface area contributed by atoms with Crippen LogP contribution in [0.5, 0.6) is 0 Å². The Morgan fingerprint density at radius 1 is 0.284 bits per heavy atom. The molecule has 0 bridgehead atoms. The standard InChI is InChI=1S/C61H118O6/c1-6-7-8-9-10-11-12-19-26-31-36-41-46-51-59(62)65-54-58(67-61(64)53-48-43-38-33-28-23-22-25-30-35-40-45-50-57(4)5)55-66-60(63)52-47-42-37-32-27-21-18-16-14-13-15-17-20-24-29-34-39-44-49-56(2)3/h56-58H,6-55H2,1-5H3/t58-/m0/s1. The second-order valence-electron chi connectivity index (χ2n) is 21.9. The van der Waals surface area contributed by atoms with E-state index in [0.29, 0.717) is 19.3 Å². The molecule has 0 heterocycles. The van der Waals surface area contributed by atoms with Crippen molar-refractivity contribution >= 4 is 17.9 Å². The Hall–Kier alpha value is -1.59. The average Bonchev–Trinajstić information content (AvgIpc) is 3.30. The van der Waals surface area contributed by atoms with Gasteiger partial charge >= 0.3 is 17.9 Å². The number of rotatable bonds is 55. The van der Waals surface area contributed by atoms with Gasteiger partial charge in [-0.2, -0.15) is 0 Å². The van der Waals surface area contributed by atoms with Crippen molar-refractivity contribution in [3.63, 3.8) is 0 Å². The van der Waals surface area contributed by atoms with Crippen molar-refractivity contribution in [2.75, 3.05) is 13.2 Å². The van der Waals surface area contributed by atoms with Gasteiger partial charge in [-0.15, -0.1) is 0 Å². The number of unbranched alkanes of at least 4 members (excludes halogenated alkanes) is 40. The smallest absolute Gasteiger partial charge is 0.306 e. The lowest BCUT2D eigenvalue weighted by molar-refractivity contribution is -0.167. The van der Waals surface area contributed by atoms with Crippen LogP contribution in [-0.2, 0) is 28.6 Å². The number of hydrogen-bond acceptors (Lipinski definition) is 6. The van der Waals surface area contributed by atoms with Crippen LogP contribution in [0.2, 0.25) is 0 Å². The quantitative estimate of drug-likeness (QED) is 0.0343. The van der Waals surface area contributed by atoms with Crippen LogP contribution in [-0.4, -0.2) is 37.2 Å². The van der Waals surface area contributed by atoms with Crippen LogP contribution in [0.4, 0.5) is 0 Å². The molecular formula is C61H118O6. The van der Waals surface area contributed by atoms with Gasteiger partial charge in [0.05, 0.1) is 0 Å². The highest BCUT2D eigenvalue weighted by molar-refractivity contribution is 5.71. The molecule has 0 aliphatic carbocycles. The minimum absolute atomic E-state index is 0.0623. The molecule has 0 radical (unpaired) electrons. The minimum atomic E-state index is -0.763. The van der Waals surface area contributed by atoms with Crippen molar-refractivity contribution in [3.8, 4) is 0 Å². The molecular weight excluding hydrogens is 829 g/mol. The average molecular weight is 948 g/mol. The first kappa shape index (κ1) is 65.4. The summed E-state index contributed by atoms with van der Waals surface area (Å²) in [7, 11) is 0. The van der Waals surface area contributed by atoms with Gasteiger partial charge in [0.15, 0.2) is 6.10 Å². The molecule has 1 atom stereocenters. The lowest BCUT2D eigenvalue weighted by atomic mass is 10.0. The third kappa shape index (κ3) is 55.2. The molecule has 0 aromatic rings. The van der Waals surface area contributed by atoms with Crippen LogP contribution in [0.3, 0.4) is 0 Å². The van der Waals surface area contributed by atoms with Gasteiger partial charge in [0.2, 0.25) is 0 Å². The Labute approximate surface area is 418 Å². The second kappa shape index (κ2) is 53.8. The highest BCUT2D eigenvalue weighted by Crippen LogP contribution is 2.18. The van der Waals surface area contributed by atoms with Crippen LogP contribution in [0.25, 0.3) is 0 Å². The Bertz CT molecular complexity index is 1020. The predicted octanol–water partition coefficient (Wildman–Crippen LogP) is 20.0. The van der Waals surface area contributed by atoms with E-state index in [2.05, 4.69) is 34.6 Å². The molecule has 0 spiro atoms. The van der Waals surface area contributed by atoms with Gasteiger partial charge in [0.1, 0.15) is 13.2 Å². The molecule has 0 N–H and O–H groups in total. The van der Waals surface area contributed by atoms with Gasteiger partial charge in [-0.1, -0.05) is 304 Å². The first-order valence-corrected chi connectivity index (χ1v) is 30.2. The van der Waals surface area contributed by atoms with Gasteiger partial charge < -0.3 is 14.2 Å². The van der Waals surface area contributed by atoms with Crippen molar-refractivity contribution in [2.24, 2.45) is 11.8 Å². The molecule has 0 aliphatic rings. The first-order chi connectivity index (χ1) is 32.7. The van der Waals surface area contributed by atoms with Crippen molar-refractivity contribution < 1.29 is 28.6 Å². The maximum absolute atomic E-state index is 12.9. The number of carbonyl (C=O) groups excluding carboxylic acids is 3. The van der Waals surface area contributed by atoms with E-state index in [1.54, 1.807) is 0 Å². The zero-order chi connectivity index (χ0) is 48.9. The van der Waals surface area contributed by atoms with E-state index >= 15 is 0 Å². The molecule has 0 amide bonds. The lowest BCUT2D eigenvalue weighted by Crippen LogP contribution is -2.30. The fraction of sp³-hybridized carbons (Fsp3) is 0.951. The molecule has 0 rings (SSSR count). The Morgan fingerprint density at radius 2 is 0.493 bits per heavy atom. The van der Waals surface area contributed by atoms with Gasteiger partial charge in [-0.25, -0.2) is 0 Å². The first-order valence-electron chi connectivity index (χ1n) is 30.2. The van der Waals surface area contributed by atoms with E-state index < -0.39 is 6.10 Å². The predicted molar refractivity (Wildman–Crippen MR) is 289 cm³/mol. The summed E-state index contributed by atoms with van der Waals surface area (Å²) in [5.74, 6) is 0.855. The summed E-state index contributed by atoms with van der Waals surface area (Å²) < 4.78 is 16.9. The van der Waals surface area contributed by atoms with Gasteiger partial charge in [0.25, 0.3) is 0 Å². The van der Waals surface area contributed by atoms with E-state index in [9.17, 15) is 14.4 Å². The number of carbonyl (C=O) groups is 3. The monoisotopic (exact) mass is 947 g/mol. The van der Waals surface area contributed by atoms with E-state index in [0.717, 1.165) is 69.6 Å². The fourth-order valence-corrected chi connectivity index (χ4v) is 9.40. The molecule has 6 nitrogen and oxygen atoms in total. The third-order valence-electron chi connectivity index (χ3n) is 14.0. The van der Waals surface area contributed by atoms with Gasteiger partial charge in [-0.05, 0) is 31.1 Å². The molecule has 0 unspecified atom stereocenters. The van der Waals surface area contributed by atoms with E-state index in [1.807, 2.05) is 0 Å². The van der Waals surface area contributed by atoms with Crippen LogP contribution >= 0.6 is 0 Å². The highest BCUT2D eigenvalue weighted by Gasteiger charge is 2.19. The van der Waals surface area contributed by atoms with Crippen molar-refractivity contribution in [2.45, 2.75) is 349 Å². The summed E-state index contributed by atoms with van der Waals surface area (Å²) in [6, 6.07) is 0. The van der Waals surface area contributed by atoms with Crippen LogP contribution < -0.4 is 0 Å². The van der Waals surface area contributed by atoms with Gasteiger partial charge in [-0.3, -0.25) is 14.4 Å². The van der Waals surface area contributed by atoms with Crippen molar-refractivity contribution in [3.05, 3.63) is 0 Å². The summed E-state index contributed by atoms with van der Waals surface area (Å²) in [6.45, 7) is 11.4. The SMILES string of the molecule is CCCCCCCCCCCCCCCC(=O)OC[C@@H](COC(=O)CCCCCCCCCCCCCCCCCCCCC(C)C)OC(=O)CCCCCCCCCCCCCCC(C)C. The van der Waals surface area contributed by atoms with Crippen molar-refractivity contribution in [1.29, 1.82) is 0 Å². The molecule has 67 heavy (non-hydrogen) atoms. The van der Waals surface area contributed by atoms with Gasteiger partial charge in [0, 0.05) is 19.3 Å². The fourth-order valence-electron chi connectivity index (χ4n) is 9.40. The maximum Gasteiger partial charge on any atom is 0.306 e. The second-order valence-corrected chi connectivity index (χ2v) is 21.9. The maximum atomic E-state index is 12.9. The normalized spacial score (nSPS) is 12.0. The van der Waals surface area contributed by atoms with Crippen LogP contribution in [0.1, 0.15) is 343 Å². The largest absolute Gasteiger partial charge is 0.462 e. The summed E-state index contributed by atoms with van der Waals surface area (Å²) in [6.07, 6.45) is 58.1. The molecule has 0 fully saturated rings. The highest BCUT2D eigenvalue weighted by atomic mass is 16.6. The topological polar surface area (TPSA) is 78.9 Å². The van der Waals surface area contributed by atoms with Crippen LogP contribution in [0, 0.1) is 11.8 Å². The number of ether oxygens (including phenoxy) is 3. The third-order valence-corrected chi connectivity index (χ3v) is 14.0. The molecule has 398 valence electrons. The Kier molecular flexibility index (Phi) is 52.5. The molecule has 0 saturated heterocycles. The molecule has 0 saturated carbocycles. The van der Waals surface area contributed by atoms with E-state index in [-0.39, 0.29) is 31.1 Å². The molecule has 0 aliphatic heterocycles. The molecule has 6 heteroatoms. The Balaban J connectivity index is 4.24. The number of esters is 3. The van der Waals surface area contributed by atoms with Crippen molar-refractivity contribution in [1.82, 2.24) is 0 Å². The van der Waals surface area contributed by atoms with E-state index in [1.165, 1.54) is 231 Å². The summed E-state index contributed by atoms with van der Waals surface area (Å²) >= 11 is 0. The summed E-state index contributed by atoms with van der Waals surface area (Å²) in [4.78, 5) is 38.2. The summed E-state index contributed by atoms with van der Waals surface area (Å²) in [5, 5.41) is 0. The minimum Gasteiger partial charge on any atom is -0.462 e. The number of hydrogen-bond donors (Lipinski definition) is 0. The molecule has 0 aromatic carbocycles. The Morgan fingerprint density at radius 3 is 0.731 bits per heavy atom. The van der Waals surface area contributed by atoms with E-state index in [4.69, 9.17) is 14.2 Å². The lowest BCUT2D eigenvalue weighted by Gasteiger charge is -2.18. The molecule has 0 aromatic heterocycles. The zero-order valence-corrected chi connectivity index (χ0v) is 46.0. The zero-order valence-electron chi connectivity index (χ0n) is 46.0.